The number of rotatable bonds is 6. The lowest BCUT2D eigenvalue weighted by Crippen LogP contribution is -2.50. The predicted molar refractivity (Wildman–Crippen MR) is 126 cm³/mol. The minimum atomic E-state index is -1.25. The highest BCUT2D eigenvalue weighted by atomic mass is 16.7. The number of para-hydroxylation sites is 1. The Morgan fingerprint density at radius 1 is 1.03 bits per heavy atom. The molecule has 2 aromatic rings. The summed E-state index contributed by atoms with van der Waals surface area (Å²) in [7, 11) is 3.00. The summed E-state index contributed by atoms with van der Waals surface area (Å²) in [6.45, 7) is 3.55. The van der Waals surface area contributed by atoms with Crippen molar-refractivity contribution in [3.05, 3.63) is 53.6 Å². The molecule has 9 nitrogen and oxygen atoms in total. The predicted octanol–water partition coefficient (Wildman–Crippen LogP) is 1.78. The molecule has 0 aromatic heterocycles. The van der Waals surface area contributed by atoms with Crippen LogP contribution >= 0.6 is 0 Å². The van der Waals surface area contributed by atoms with Crippen molar-refractivity contribution in [3.8, 4) is 17.2 Å². The number of imide groups is 1. The Labute approximate surface area is 204 Å². The molecular formula is C26H29N3O6. The van der Waals surface area contributed by atoms with Crippen molar-refractivity contribution in [1.29, 1.82) is 0 Å². The quantitative estimate of drug-likeness (QED) is 0.584. The summed E-state index contributed by atoms with van der Waals surface area (Å²) in [6, 6.07) is 13.1. The second kappa shape index (κ2) is 9.22. The first-order valence-electron chi connectivity index (χ1n) is 11.7. The molecule has 9 heteroatoms. The minimum Gasteiger partial charge on any atom is -0.496 e. The first-order valence-corrected chi connectivity index (χ1v) is 11.7. The van der Waals surface area contributed by atoms with Gasteiger partial charge in [-0.15, -0.1) is 0 Å². The van der Waals surface area contributed by atoms with E-state index in [2.05, 4.69) is 4.90 Å². The highest BCUT2D eigenvalue weighted by molar-refractivity contribution is 6.10. The molecular weight excluding hydrogens is 450 g/mol. The van der Waals surface area contributed by atoms with Crippen LogP contribution in [0.4, 0.5) is 0 Å². The third kappa shape index (κ3) is 4.20. The van der Waals surface area contributed by atoms with Gasteiger partial charge in [0.15, 0.2) is 11.5 Å². The molecule has 0 radical (unpaired) electrons. The summed E-state index contributed by atoms with van der Waals surface area (Å²) in [6.07, 6.45) is -0.108. The van der Waals surface area contributed by atoms with Crippen LogP contribution in [0.2, 0.25) is 0 Å². The van der Waals surface area contributed by atoms with Crippen molar-refractivity contribution in [2.24, 2.45) is 0 Å². The van der Waals surface area contributed by atoms with Gasteiger partial charge < -0.3 is 19.1 Å². The van der Waals surface area contributed by atoms with E-state index in [-0.39, 0.29) is 37.4 Å². The summed E-state index contributed by atoms with van der Waals surface area (Å²) >= 11 is 0. The number of carbonyl (C=O) groups excluding carboxylic acids is 3. The monoisotopic (exact) mass is 479 g/mol. The Balaban J connectivity index is 1.27. The van der Waals surface area contributed by atoms with Crippen molar-refractivity contribution in [1.82, 2.24) is 14.7 Å². The summed E-state index contributed by atoms with van der Waals surface area (Å²) in [5, 5.41) is 0. The number of benzene rings is 2. The van der Waals surface area contributed by atoms with Gasteiger partial charge in [0.2, 0.25) is 24.5 Å². The fraction of sp³-hybridized carbons (Fsp3) is 0.423. The average Bonchev–Trinajstić information content (AvgIpc) is 3.43. The number of likely N-dealkylation sites (tertiary alicyclic amines) is 1. The molecule has 3 amide bonds. The molecule has 0 aliphatic carbocycles. The number of fused-ring (bicyclic) bond motifs is 1. The third-order valence-electron chi connectivity index (χ3n) is 7.18. The van der Waals surface area contributed by atoms with Crippen LogP contribution in [0.15, 0.2) is 42.5 Å². The average molecular weight is 480 g/mol. The molecule has 5 rings (SSSR count). The summed E-state index contributed by atoms with van der Waals surface area (Å²) < 4.78 is 16.3. The number of carbonyl (C=O) groups is 3. The maximum absolute atomic E-state index is 13.4. The van der Waals surface area contributed by atoms with Gasteiger partial charge in [-0.2, -0.15) is 0 Å². The molecule has 3 aliphatic heterocycles. The lowest BCUT2D eigenvalue weighted by molar-refractivity contribution is -0.142. The fourth-order valence-electron chi connectivity index (χ4n) is 5.19. The Kier molecular flexibility index (Phi) is 6.10. The van der Waals surface area contributed by atoms with Crippen molar-refractivity contribution < 1.29 is 28.6 Å². The first-order chi connectivity index (χ1) is 16.9. The van der Waals surface area contributed by atoms with Gasteiger partial charge in [-0.3, -0.25) is 24.2 Å². The molecule has 0 spiro atoms. The number of ether oxygens (including phenoxy) is 3. The van der Waals surface area contributed by atoms with Gasteiger partial charge in [-0.05, 0) is 23.8 Å². The van der Waals surface area contributed by atoms with Crippen molar-refractivity contribution in [3.63, 3.8) is 0 Å². The normalized spacial score (nSPS) is 22.1. The molecule has 2 fully saturated rings. The summed E-state index contributed by atoms with van der Waals surface area (Å²) in [5.74, 6) is 1.25. The van der Waals surface area contributed by atoms with E-state index in [1.54, 1.807) is 23.1 Å². The summed E-state index contributed by atoms with van der Waals surface area (Å²) in [4.78, 5) is 44.5. The second-order valence-corrected chi connectivity index (χ2v) is 9.24. The third-order valence-corrected chi connectivity index (χ3v) is 7.18. The molecule has 35 heavy (non-hydrogen) atoms. The van der Waals surface area contributed by atoms with E-state index < -0.39 is 5.41 Å². The highest BCUT2D eigenvalue weighted by Gasteiger charge is 2.54. The van der Waals surface area contributed by atoms with Crippen molar-refractivity contribution in [2.75, 3.05) is 47.1 Å². The second-order valence-electron chi connectivity index (χ2n) is 9.24. The Morgan fingerprint density at radius 3 is 2.49 bits per heavy atom. The van der Waals surface area contributed by atoms with E-state index in [0.717, 1.165) is 28.5 Å². The van der Waals surface area contributed by atoms with E-state index in [1.165, 1.54) is 14.2 Å². The highest BCUT2D eigenvalue weighted by Crippen LogP contribution is 2.43. The van der Waals surface area contributed by atoms with Crippen LogP contribution in [-0.2, 0) is 26.3 Å². The van der Waals surface area contributed by atoms with Gasteiger partial charge in [0.25, 0.3) is 0 Å². The molecule has 2 aromatic carbocycles. The number of hydrogen-bond acceptors (Lipinski definition) is 7. The van der Waals surface area contributed by atoms with E-state index in [1.807, 2.05) is 24.3 Å². The van der Waals surface area contributed by atoms with Crippen LogP contribution in [0.5, 0.6) is 17.2 Å². The maximum atomic E-state index is 13.4. The van der Waals surface area contributed by atoms with Crippen LogP contribution in [0.25, 0.3) is 0 Å². The zero-order valence-corrected chi connectivity index (χ0v) is 20.0. The van der Waals surface area contributed by atoms with Crippen LogP contribution < -0.4 is 14.2 Å². The largest absolute Gasteiger partial charge is 0.496 e. The molecule has 0 N–H and O–H groups in total. The van der Waals surface area contributed by atoms with E-state index in [0.29, 0.717) is 37.5 Å². The smallest absolute Gasteiger partial charge is 0.240 e. The summed E-state index contributed by atoms with van der Waals surface area (Å²) in [5.41, 5.74) is 0.460. The van der Waals surface area contributed by atoms with Gasteiger partial charge in [-0.25, -0.2) is 0 Å². The van der Waals surface area contributed by atoms with Crippen LogP contribution in [0.3, 0.4) is 0 Å². The van der Waals surface area contributed by atoms with Crippen molar-refractivity contribution in [2.45, 2.75) is 24.8 Å². The molecule has 184 valence electrons. The Hall–Kier alpha value is -3.59. The molecule has 2 saturated heterocycles. The molecule has 3 heterocycles. The van der Waals surface area contributed by atoms with E-state index in [4.69, 9.17) is 14.2 Å². The van der Waals surface area contributed by atoms with Gasteiger partial charge in [0.05, 0.1) is 12.5 Å². The standard InChI is InChI=1S/C26H29N3O6/c1-27-23(30)14-26(25(27)32,19-5-3-4-6-20(19)33-2)15-24(31)29-11-9-28(10-12-29)16-18-7-8-21-22(13-18)35-17-34-21/h3-8,13H,9-12,14-17H2,1-2H3/t26-/m1/s1. The topological polar surface area (TPSA) is 88.6 Å². The van der Waals surface area contributed by atoms with E-state index >= 15 is 0 Å². The van der Waals surface area contributed by atoms with Crippen LogP contribution in [-0.4, -0.2) is 79.6 Å². The lowest BCUT2D eigenvalue weighted by atomic mass is 9.75. The minimum absolute atomic E-state index is 0.0431. The van der Waals surface area contributed by atoms with Gasteiger partial charge in [0, 0.05) is 58.2 Å². The SMILES string of the molecule is COc1ccccc1[C@]1(CC(=O)N2CCN(Cc3ccc4c(c3)OCO4)CC2)CC(=O)N(C)C1=O. The number of likely N-dealkylation sites (N-methyl/N-ethyl adjacent to an activating group) is 1. The van der Waals surface area contributed by atoms with Gasteiger partial charge in [0.1, 0.15) is 5.75 Å². The zero-order valence-electron chi connectivity index (χ0n) is 20.0. The molecule has 3 aliphatic rings. The zero-order chi connectivity index (χ0) is 24.6. The van der Waals surface area contributed by atoms with Gasteiger partial charge >= 0.3 is 0 Å². The first kappa shape index (κ1) is 23.2. The van der Waals surface area contributed by atoms with Crippen molar-refractivity contribution >= 4 is 17.7 Å². The molecule has 0 unspecified atom stereocenters. The van der Waals surface area contributed by atoms with Crippen LogP contribution in [0, 0.1) is 0 Å². The number of piperazine rings is 1. The molecule has 1 atom stereocenters. The van der Waals surface area contributed by atoms with Crippen LogP contribution in [0.1, 0.15) is 24.0 Å². The number of amides is 3. The van der Waals surface area contributed by atoms with E-state index in [9.17, 15) is 14.4 Å². The lowest BCUT2D eigenvalue weighted by Gasteiger charge is -2.37. The maximum Gasteiger partial charge on any atom is 0.240 e. The number of methoxy groups -OCH3 is 1. The fourth-order valence-corrected chi connectivity index (χ4v) is 5.19. The molecule has 0 saturated carbocycles. The Morgan fingerprint density at radius 2 is 1.77 bits per heavy atom. The molecule has 0 bridgehead atoms. The van der Waals surface area contributed by atoms with Gasteiger partial charge in [-0.1, -0.05) is 24.3 Å². The number of nitrogens with zero attached hydrogens (tertiary/aromatic N) is 3. The number of hydrogen-bond donors (Lipinski definition) is 0. The Bertz CT molecular complexity index is 1160.